The second kappa shape index (κ2) is 10.4. The van der Waals surface area contributed by atoms with E-state index in [1.807, 2.05) is 12.1 Å². The van der Waals surface area contributed by atoms with Gasteiger partial charge in [-0.2, -0.15) is 0 Å². The quantitative estimate of drug-likeness (QED) is 0.561. The highest BCUT2D eigenvalue weighted by atomic mass is 16.6. The van der Waals surface area contributed by atoms with Crippen LogP contribution < -0.4 is 10.4 Å². The predicted octanol–water partition coefficient (Wildman–Crippen LogP) is 1.68. The van der Waals surface area contributed by atoms with E-state index in [1.165, 1.54) is 0 Å². The second-order valence-electron chi connectivity index (χ2n) is 5.44. The summed E-state index contributed by atoms with van der Waals surface area (Å²) in [6.07, 6.45) is -0.457. The Morgan fingerprint density at radius 3 is 1.89 bits per heavy atom. The van der Waals surface area contributed by atoms with Crippen molar-refractivity contribution < 1.29 is 29.0 Å². The summed E-state index contributed by atoms with van der Waals surface area (Å²) in [6, 6.07) is 17.9. The Kier molecular flexibility index (Phi) is 7.59. The van der Waals surface area contributed by atoms with Crippen LogP contribution in [0.25, 0.3) is 0 Å². The van der Waals surface area contributed by atoms with Crippen LogP contribution in [0.2, 0.25) is 0 Å². The largest absolute Gasteiger partial charge is 0.550 e. The molecule has 0 aliphatic carbocycles. The zero-order valence-corrected chi connectivity index (χ0v) is 14.4. The zero-order chi connectivity index (χ0) is 19.5. The van der Waals surface area contributed by atoms with Gasteiger partial charge in [0, 0.05) is 12.4 Å². The lowest BCUT2D eigenvalue weighted by Crippen LogP contribution is -2.30. The molecule has 1 amide bonds. The Bertz CT molecular complexity index is 802. The van der Waals surface area contributed by atoms with Crippen LogP contribution in [0.5, 0.6) is 0 Å². The molecule has 0 aliphatic heterocycles. The van der Waals surface area contributed by atoms with Gasteiger partial charge < -0.3 is 19.4 Å². The minimum absolute atomic E-state index is 0.000494. The highest BCUT2D eigenvalue weighted by Crippen LogP contribution is 2.05. The minimum atomic E-state index is -1.40. The van der Waals surface area contributed by atoms with Crippen molar-refractivity contribution in [3.05, 3.63) is 83.6 Å². The van der Waals surface area contributed by atoms with E-state index >= 15 is 0 Å². The van der Waals surface area contributed by atoms with E-state index in [2.05, 4.69) is 5.32 Å². The van der Waals surface area contributed by atoms with Gasteiger partial charge in [-0.25, -0.2) is 9.59 Å². The Labute approximate surface area is 156 Å². The smallest absolute Gasteiger partial charge is 0.412 e. The van der Waals surface area contributed by atoms with Crippen LogP contribution in [-0.2, 0) is 32.3 Å². The first-order chi connectivity index (χ1) is 13.0. The van der Waals surface area contributed by atoms with Crippen molar-refractivity contribution in [2.24, 2.45) is 0 Å². The molecule has 0 fully saturated rings. The summed E-state index contributed by atoms with van der Waals surface area (Å²) in [4.78, 5) is 34.7. The molecule has 0 saturated carbocycles. The van der Waals surface area contributed by atoms with Gasteiger partial charge >= 0.3 is 12.1 Å². The van der Waals surface area contributed by atoms with Crippen LogP contribution in [0.15, 0.2) is 72.4 Å². The van der Waals surface area contributed by atoms with E-state index in [9.17, 15) is 19.5 Å². The van der Waals surface area contributed by atoms with Crippen LogP contribution in [-0.4, -0.2) is 18.0 Å². The van der Waals surface area contributed by atoms with E-state index in [0.29, 0.717) is 0 Å². The van der Waals surface area contributed by atoms with Crippen LogP contribution in [0.1, 0.15) is 17.5 Å². The van der Waals surface area contributed by atoms with Crippen molar-refractivity contribution in [2.75, 3.05) is 0 Å². The standard InChI is InChI=1S/C20H19NO6/c22-18(23)12-11-17(19(24)26-13-15-7-3-1-4-8-15)21-20(25)27-14-16-9-5-2-6-10-16/h1-11H,12-14H2,(H,21,25)(H,22,23)/p-1/b17-11+. The molecule has 140 valence electrons. The molecule has 0 heterocycles. The predicted molar refractivity (Wildman–Crippen MR) is 93.7 cm³/mol. The fourth-order valence-corrected chi connectivity index (χ4v) is 2.04. The van der Waals surface area contributed by atoms with E-state index in [-0.39, 0.29) is 18.9 Å². The Morgan fingerprint density at radius 2 is 1.37 bits per heavy atom. The van der Waals surface area contributed by atoms with Gasteiger partial charge in [0.15, 0.2) is 0 Å². The number of nitrogens with one attached hydrogen (secondary N) is 1. The van der Waals surface area contributed by atoms with Gasteiger partial charge in [0.05, 0.1) is 0 Å². The maximum absolute atomic E-state index is 12.2. The Balaban J connectivity index is 1.93. The summed E-state index contributed by atoms with van der Waals surface area (Å²) in [6.45, 7) is -0.0252. The third-order valence-corrected chi connectivity index (χ3v) is 3.36. The van der Waals surface area contributed by atoms with E-state index < -0.39 is 24.5 Å². The lowest BCUT2D eigenvalue weighted by molar-refractivity contribution is -0.304. The third kappa shape index (κ3) is 7.43. The van der Waals surface area contributed by atoms with Gasteiger partial charge in [-0.1, -0.05) is 60.7 Å². The van der Waals surface area contributed by atoms with Crippen LogP contribution in [0.4, 0.5) is 4.79 Å². The molecule has 0 spiro atoms. The van der Waals surface area contributed by atoms with Crippen LogP contribution in [0.3, 0.4) is 0 Å². The molecule has 0 radical (unpaired) electrons. The molecule has 2 aromatic carbocycles. The maximum Gasteiger partial charge on any atom is 0.412 e. The van der Waals surface area contributed by atoms with Crippen molar-refractivity contribution in [1.82, 2.24) is 5.32 Å². The molecule has 7 nitrogen and oxygen atoms in total. The average molecular weight is 368 g/mol. The summed E-state index contributed by atoms with van der Waals surface area (Å²) in [7, 11) is 0. The summed E-state index contributed by atoms with van der Waals surface area (Å²) >= 11 is 0. The lowest BCUT2D eigenvalue weighted by atomic mass is 10.2. The molecule has 0 aromatic heterocycles. The number of hydrogen-bond donors (Lipinski definition) is 1. The van der Waals surface area contributed by atoms with Crippen molar-refractivity contribution >= 4 is 18.0 Å². The van der Waals surface area contributed by atoms with Gasteiger partial charge in [-0.3, -0.25) is 5.32 Å². The highest BCUT2D eigenvalue weighted by Gasteiger charge is 2.15. The molecule has 0 atom stereocenters. The van der Waals surface area contributed by atoms with Crippen LogP contribution >= 0.6 is 0 Å². The number of benzene rings is 2. The number of carbonyl (C=O) groups is 3. The van der Waals surface area contributed by atoms with Crippen molar-refractivity contribution in [1.29, 1.82) is 0 Å². The number of amides is 1. The zero-order valence-electron chi connectivity index (χ0n) is 14.4. The molecular formula is C20H18NO6-. The number of carboxylic acids is 1. The van der Waals surface area contributed by atoms with Gasteiger partial charge in [0.1, 0.15) is 18.9 Å². The maximum atomic E-state index is 12.2. The number of rotatable bonds is 8. The van der Waals surface area contributed by atoms with E-state index in [1.54, 1.807) is 48.5 Å². The topological polar surface area (TPSA) is 105 Å². The number of ether oxygens (including phenoxy) is 2. The van der Waals surface area contributed by atoms with Crippen molar-refractivity contribution in [3.8, 4) is 0 Å². The number of hydrogen-bond acceptors (Lipinski definition) is 6. The highest BCUT2D eigenvalue weighted by molar-refractivity contribution is 5.92. The SMILES string of the molecule is O=C([O-])C/C=C(/NC(=O)OCc1ccccc1)C(=O)OCc1ccccc1. The number of esters is 1. The average Bonchev–Trinajstić information content (AvgIpc) is 2.69. The van der Waals surface area contributed by atoms with Crippen molar-refractivity contribution in [2.45, 2.75) is 19.6 Å². The first kappa shape index (κ1) is 19.7. The summed E-state index contributed by atoms with van der Waals surface area (Å²) in [5, 5.41) is 12.9. The normalized spacial score (nSPS) is 10.7. The molecule has 27 heavy (non-hydrogen) atoms. The third-order valence-electron chi connectivity index (χ3n) is 3.36. The molecule has 7 heteroatoms. The minimum Gasteiger partial charge on any atom is -0.550 e. The van der Waals surface area contributed by atoms with Gasteiger partial charge in [-0.15, -0.1) is 0 Å². The summed E-state index contributed by atoms with van der Waals surface area (Å²) < 4.78 is 10.1. The summed E-state index contributed by atoms with van der Waals surface area (Å²) in [5.74, 6) is -2.28. The van der Waals surface area contributed by atoms with Crippen molar-refractivity contribution in [3.63, 3.8) is 0 Å². The Hall–Kier alpha value is -3.61. The molecule has 2 aromatic rings. The van der Waals surface area contributed by atoms with Crippen LogP contribution in [0, 0.1) is 0 Å². The van der Waals surface area contributed by atoms with Gasteiger partial charge in [0.25, 0.3) is 0 Å². The first-order valence-electron chi connectivity index (χ1n) is 8.13. The molecule has 0 bridgehead atoms. The molecule has 2 rings (SSSR count). The number of aliphatic carboxylic acids is 1. The monoisotopic (exact) mass is 368 g/mol. The van der Waals surface area contributed by atoms with E-state index in [0.717, 1.165) is 17.2 Å². The number of carboxylic acid groups (broad SMARTS) is 1. The molecule has 0 saturated heterocycles. The fourth-order valence-electron chi connectivity index (χ4n) is 2.04. The van der Waals surface area contributed by atoms with E-state index in [4.69, 9.17) is 9.47 Å². The first-order valence-corrected chi connectivity index (χ1v) is 8.13. The van der Waals surface area contributed by atoms with Gasteiger partial charge in [-0.05, 0) is 17.2 Å². The molecular weight excluding hydrogens is 350 g/mol. The number of alkyl carbamates (subject to hydrolysis) is 1. The molecule has 0 aliphatic rings. The fraction of sp³-hybridized carbons (Fsp3) is 0.150. The molecule has 1 N–H and O–H groups in total. The molecule has 0 unspecified atom stereocenters. The number of carbonyl (C=O) groups excluding carboxylic acids is 3. The van der Waals surface area contributed by atoms with Gasteiger partial charge in [0.2, 0.25) is 0 Å². The summed E-state index contributed by atoms with van der Waals surface area (Å²) in [5.41, 5.74) is 1.18. The second-order valence-corrected chi connectivity index (χ2v) is 5.44. The lowest BCUT2D eigenvalue weighted by Gasteiger charge is -2.11. The Morgan fingerprint density at radius 1 is 0.852 bits per heavy atom.